The molecule has 0 spiro atoms. The van der Waals surface area contributed by atoms with Crippen molar-refractivity contribution >= 4 is 11.6 Å². The maximum atomic E-state index is 6.01. The summed E-state index contributed by atoms with van der Waals surface area (Å²) in [7, 11) is 0. The van der Waals surface area contributed by atoms with Crippen LogP contribution in [0.25, 0.3) is 0 Å². The van der Waals surface area contributed by atoms with Crippen molar-refractivity contribution in [2.75, 3.05) is 0 Å². The second-order valence-corrected chi connectivity index (χ2v) is 5.72. The Labute approximate surface area is 123 Å². The summed E-state index contributed by atoms with van der Waals surface area (Å²) in [5.74, 6) is 0.785. The predicted octanol–water partition coefficient (Wildman–Crippen LogP) is 3.47. The van der Waals surface area contributed by atoms with Crippen molar-refractivity contribution in [3.63, 3.8) is 0 Å². The molecular weight excluding hydrogens is 274 g/mol. The fourth-order valence-electron chi connectivity index (χ4n) is 2.28. The number of ether oxygens (including phenoxy) is 1. The van der Waals surface area contributed by atoms with Gasteiger partial charge >= 0.3 is 0 Å². The molecule has 1 atom stereocenters. The summed E-state index contributed by atoms with van der Waals surface area (Å²) in [4.78, 5) is 4.20. The van der Waals surface area contributed by atoms with Gasteiger partial charge < -0.3 is 15.0 Å². The van der Waals surface area contributed by atoms with E-state index in [0.717, 1.165) is 17.0 Å². The molecule has 3 rings (SSSR count). The van der Waals surface area contributed by atoms with Gasteiger partial charge in [0.15, 0.2) is 0 Å². The number of aromatic nitrogens is 2. The smallest absolute Gasteiger partial charge is 0.130 e. The van der Waals surface area contributed by atoms with Gasteiger partial charge in [0, 0.05) is 22.7 Å². The third kappa shape index (κ3) is 2.81. The Morgan fingerprint density at radius 2 is 2.30 bits per heavy atom. The largest absolute Gasteiger partial charge is 0.487 e. The molecule has 1 aromatic carbocycles. The van der Waals surface area contributed by atoms with Crippen LogP contribution >= 0.6 is 11.6 Å². The quantitative estimate of drug-likeness (QED) is 0.918. The first-order valence-electron chi connectivity index (χ1n) is 6.83. The van der Waals surface area contributed by atoms with Gasteiger partial charge in [-0.1, -0.05) is 11.6 Å². The first-order valence-corrected chi connectivity index (χ1v) is 7.21. The van der Waals surface area contributed by atoms with Gasteiger partial charge in [0.05, 0.1) is 18.2 Å². The Hall–Kier alpha value is -1.52. The number of hydrogen-bond donors (Lipinski definition) is 1. The van der Waals surface area contributed by atoms with Crippen molar-refractivity contribution in [2.45, 2.75) is 38.5 Å². The summed E-state index contributed by atoms with van der Waals surface area (Å²) >= 11 is 6.01. The van der Waals surface area contributed by atoms with E-state index in [1.54, 1.807) is 0 Å². The molecule has 20 heavy (non-hydrogen) atoms. The Bertz CT molecular complexity index is 605. The highest BCUT2D eigenvalue weighted by molar-refractivity contribution is 6.30. The first kappa shape index (κ1) is 13.5. The Morgan fingerprint density at radius 3 is 3.00 bits per heavy atom. The van der Waals surface area contributed by atoms with Crippen LogP contribution in [0.1, 0.15) is 43.1 Å². The number of halogens is 1. The van der Waals surface area contributed by atoms with E-state index in [1.807, 2.05) is 37.6 Å². The summed E-state index contributed by atoms with van der Waals surface area (Å²) in [6, 6.07) is 6.05. The number of benzene rings is 1. The second-order valence-electron chi connectivity index (χ2n) is 5.28. The molecule has 106 valence electrons. The number of rotatable bonds is 5. The molecule has 0 aliphatic heterocycles. The van der Waals surface area contributed by atoms with Crippen molar-refractivity contribution in [3.05, 3.63) is 47.0 Å². The van der Waals surface area contributed by atoms with Crippen LogP contribution < -0.4 is 10.5 Å². The minimum Gasteiger partial charge on any atom is -0.487 e. The lowest BCUT2D eigenvalue weighted by molar-refractivity contribution is 0.290. The molecule has 2 aromatic rings. The van der Waals surface area contributed by atoms with Crippen molar-refractivity contribution in [1.29, 1.82) is 0 Å². The highest BCUT2D eigenvalue weighted by Gasteiger charge is 2.25. The van der Waals surface area contributed by atoms with Crippen LogP contribution in [0.15, 0.2) is 30.7 Å². The van der Waals surface area contributed by atoms with Crippen molar-refractivity contribution in [3.8, 4) is 5.75 Å². The first-order chi connectivity index (χ1) is 9.65. The number of imidazole rings is 1. The normalized spacial score (nSPS) is 16.1. The lowest BCUT2D eigenvalue weighted by atomic mass is 10.1. The topological polar surface area (TPSA) is 53.1 Å². The predicted molar refractivity (Wildman–Crippen MR) is 78.9 cm³/mol. The fourth-order valence-corrected chi connectivity index (χ4v) is 2.46. The van der Waals surface area contributed by atoms with Crippen LogP contribution in [-0.4, -0.2) is 9.55 Å². The van der Waals surface area contributed by atoms with Crippen LogP contribution in [0.3, 0.4) is 0 Å². The second kappa shape index (κ2) is 5.46. The van der Waals surface area contributed by atoms with Crippen molar-refractivity contribution in [1.82, 2.24) is 9.55 Å². The van der Waals surface area contributed by atoms with Crippen LogP contribution in [0.2, 0.25) is 5.02 Å². The van der Waals surface area contributed by atoms with Gasteiger partial charge in [0.25, 0.3) is 0 Å². The van der Waals surface area contributed by atoms with Gasteiger partial charge in [0.1, 0.15) is 12.4 Å². The van der Waals surface area contributed by atoms with E-state index in [-0.39, 0.29) is 6.04 Å². The van der Waals surface area contributed by atoms with E-state index >= 15 is 0 Å². The molecule has 1 aliphatic carbocycles. The van der Waals surface area contributed by atoms with Crippen LogP contribution in [0.4, 0.5) is 0 Å². The molecule has 0 bridgehead atoms. The highest BCUT2D eigenvalue weighted by atomic mass is 35.5. The molecule has 1 unspecified atom stereocenters. The molecule has 4 nitrogen and oxygen atoms in total. The summed E-state index contributed by atoms with van der Waals surface area (Å²) < 4.78 is 8.11. The van der Waals surface area contributed by atoms with E-state index in [9.17, 15) is 0 Å². The number of hydrogen-bond acceptors (Lipinski definition) is 3. The van der Waals surface area contributed by atoms with Gasteiger partial charge in [-0.15, -0.1) is 0 Å². The molecule has 5 heteroatoms. The molecule has 1 aromatic heterocycles. The molecule has 1 aliphatic rings. The molecule has 0 saturated heterocycles. The van der Waals surface area contributed by atoms with E-state index in [0.29, 0.717) is 17.7 Å². The van der Waals surface area contributed by atoms with E-state index in [4.69, 9.17) is 22.1 Å². The summed E-state index contributed by atoms with van der Waals surface area (Å²) in [6.07, 6.45) is 6.20. The lowest BCUT2D eigenvalue weighted by Gasteiger charge is -2.15. The standard InChI is InChI=1S/C15H18ClN3O/c1-10(17)14-6-11(16)2-5-15(14)20-8-13-7-18-9-19(13)12-3-4-12/h2,5-7,9-10,12H,3-4,8,17H2,1H3. The van der Waals surface area contributed by atoms with Crippen LogP contribution in [0, 0.1) is 0 Å². The molecule has 1 saturated carbocycles. The Kier molecular flexibility index (Phi) is 3.68. The minimum atomic E-state index is -0.114. The van der Waals surface area contributed by atoms with E-state index in [2.05, 4.69) is 9.55 Å². The average molecular weight is 292 g/mol. The maximum absolute atomic E-state index is 6.01. The zero-order chi connectivity index (χ0) is 14.1. The molecule has 0 amide bonds. The van der Waals surface area contributed by atoms with Crippen molar-refractivity contribution < 1.29 is 4.74 Å². The molecule has 1 heterocycles. The van der Waals surface area contributed by atoms with E-state index in [1.165, 1.54) is 12.8 Å². The number of nitrogens with zero attached hydrogens (tertiary/aromatic N) is 2. The van der Waals surface area contributed by atoms with Crippen LogP contribution in [0.5, 0.6) is 5.75 Å². The van der Waals surface area contributed by atoms with Gasteiger partial charge in [-0.05, 0) is 38.0 Å². The molecular formula is C15H18ClN3O. The van der Waals surface area contributed by atoms with Gasteiger partial charge in [-0.3, -0.25) is 0 Å². The lowest BCUT2D eigenvalue weighted by Crippen LogP contribution is -2.09. The maximum Gasteiger partial charge on any atom is 0.130 e. The third-order valence-electron chi connectivity index (χ3n) is 3.52. The highest BCUT2D eigenvalue weighted by Crippen LogP contribution is 2.36. The zero-order valence-corrected chi connectivity index (χ0v) is 12.2. The zero-order valence-electron chi connectivity index (χ0n) is 11.4. The summed E-state index contributed by atoms with van der Waals surface area (Å²) in [5.41, 5.74) is 7.99. The van der Waals surface area contributed by atoms with Gasteiger partial charge in [-0.2, -0.15) is 0 Å². The van der Waals surface area contributed by atoms with Gasteiger partial charge in [-0.25, -0.2) is 4.98 Å². The Balaban J connectivity index is 1.76. The summed E-state index contributed by atoms with van der Waals surface area (Å²) in [6.45, 7) is 2.42. The van der Waals surface area contributed by atoms with Gasteiger partial charge in [0.2, 0.25) is 0 Å². The summed E-state index contributed by atoms with van der Waals surface area (Å²) in [5, 5.41) is 0.674. The fraction of sp³-hybridized carbons (Fsp3) is 0.400. The SMILES string of the molecule is CC(N)c1cc(Cl)ccc1OCc1cncn1C1CC1. The van der Waals surface area contributed by atoms with E-state index < -0.39 is 0 Å². The molecule has 2 N–H and O–H groups in total. The minimum absolute atomic E-state index is 0.114. The monoisotopic (exact) mass is 291 g/mol. The third-order valence-corrected chi connectivity index (χ3v) is 3.76. The molecule has 0 radical (unpaired) electrons. The van der Waals surface area contributed by atoms with Crippen LogP contribution in [-0.2, 0) is 6.61 Å². The van der Waals surface area contributed by atoms with Crippen molar-refractivity contribution in [2.24, 2.45) is 5.73 Å². The molecule has 1 fully saturated rings. The number of nitrogens with two attached hydrogens (primary N) is 1. The Morgan fingerprint density at radius 1 is 1.50 bits per heavy atom. The average Bonchev–Trinajstić information content (AvgIpc) is 3.16.